The van der Waals surface area contributed by atoms with Gasteiger partial charge in [0.15, 0.2) is 5.11 Å². The van der Waals surface area contributed by atoms with Crippen LogP contribution in [0.3, 0.4) is 0 Å². The molecule has 1 aromatic heterocycles. The van der Waals surface area contributed by atoms with Crippen LogP contribution in [0.1, 0.15) is 16.1 Å². The molecule has 0 saturated heterocycles. The first-order valence-electron chi connectivity index (χ1n) is 4.27. The maximum atomic E-state index is 10.7. The molecule has 1 heterocycles. The number of thiocarbonyl (C=S) groups is 1. The molecule has 0 saturated carbocycles. The van der Waals surface area contributed by atoms with E-state index in [4.69, 9.17) is 17.3 Å². The summed E-state index contributed by atoms with van der Waals surface area (Å²) in [5.74, 6) is -0.963. The van der Waals surface area contributed by atoms with Crippen LogP contribution in [0.2, 0.25) is 0 Å². The van der Waals surface area contributed by atoms with Crippen LogP contribution >= 0.6 is 12.2 Å². The number of hydrogen-bond acceptors (Lipinski definition) is 3. The van der Waals surface area contributed by atoms with Crippen molar-refractivity contribution < 1.29 is 9.90 Å². The number of aromatic carboxylic acids is 1. The van der Waals surface area contributed by atoms with Crippen molar-refractivity contribution in [1.82, 2.24) is 15.6 Å². The summed E-state index contributed by atoms with van der Waals surface area (Å²) < 4.78 is 0. The third kappa shape index (κ3) is 3.51. The van der Waals surface area contributed by atoms with E-state index < -0.39 is 5.97 Å². The lowest BCUT2D eigenvalue weighted by atomic mass is 10.2. The number of hydrogen-bond donors (Lipinski definition) is 3. The first-order valence-corrected chi connectivity index (χ1v) is 4.68. The van der Waals surface area contributed by atoms with Crippen LogP contribution in [0.4, 0.5) is 0 Å². The molecule has 0 fully saturated rings. The summed E-state index contributed by atoms with van der Waals surface area (Å²) in [7, 11) is 1.70. The number of carboxylic acid groups (broad SMARTS) is 1. The van der Waals surface area contributed by atoms with Crippen molar-refractivity contribution in [3.63, 3.8) is 0 Å². The molecule has 0 aromatic carbocycles. The standard InChI is InChI=1S/C9H11N3O2S/c1-10-9(15)12-5-7-4-6(8(13)14)2-3-11-7/h2-4H,5H2,1H3,(H,13,14)(H2,10,12,15). The summed E-state index contributed by atoms with van der Waals surface area (Å²) in [5.41, 5.74) is 0.852. The fourth-order valence-corrected chi connectivity index (χ4v) is 1.04. The molecular weight excluding hydrogens is 214 g/mol. The van der Waals surface area contributed by atoms with Crippen molar-refractivity contribution in [2.45, 2.75) is 6.54 Å². The van der Waals surface area contributed by atoms with E-state index in [1.54, 1.807) is 7.05 Å². The predicted octanol–water partition coefficient (Wildman–Crippen LogP) is 0.374. The van der Waals surface area contributed by atoms with E-state index >= 15 is 0 Å². The van der Waals surface area contributed by atoms with E-state index in [2.05, 4.69) is 15.6 Å². The van der Waals surface area contributed by atoms with E-state index in [1.807, 2.05) is 0 Å². The number of nitrogens with one attached hydrogen (secondary N) is 2. The Labute approximate surface area is 92.5 Å². The Kier molecular flexibility index (Phi) is 3.99. The molecule has 0 aliphatic heterocycles. The van der Waals surface area contributed by atoms with Crippen LogP contribution in [0.5, 0.6) is 0 Å². The average Bonchev–Trinajstić information content (AvgIpc) is 2.26. The van der Waals surface area contributed by atoms with Gasteiger partial charge in [-0.1, -0.05) is 0 Å². The number of aromatic nitrogens is 1. The number of rotatable bonds is 3. The smallest absolute Gasteiger partial charge is 0.335 e. The molecule has 0 atom stereocenters. The molecular formula is C9H11N3O2S. The summed E-state index contributed by atoms with van der Waals surface area (Å²) in [4.78, 5) is 14.7. The zero-order valence-corrected chi connectivity index (χ0v) is 8.97. The molecule has 0 unspecified atom stereocenters. The molecule has 15 heavy (non-hydrogen) atoms. The minimum atomic E-state index is -0.963. The maximum absolute atomic E-state index is 10.7. The first kappa shape index (κ1) is 11.4. The number of nitrogens with zero attached hydrogens (tertiary/aromatic N) is 1. The Morgan fingerprint density at radius 1 is 1.67 bits per heavy atom. The molecule has 1 aromatic rings. The van der Waals surface area contributed by atoms with Crippen LogP contribution in [-0.2, 0) is 6.54 Å². The Morgan fingerprint density at radius 3 is 3.00 bits per heavy atom. The number of carboxylic acids is 1. The lowest BCUT2D eigenvalue weighted by Crippen LogP contribution is -2.32. The van der Waals surface area contributed by atoms with Crippen molar-refractivity contribution in [2.24, 2.45) is 0 Å². The minimum absolute atomic E-state index is 0.220. The van der Waals surface area contributed by atoms with Crippen molar-refractivity contribution in [1.29, 1.82) is 0 Å². The van der Waals surface area contributed by atoms with Crippen molar-refractivity contribution >= 4 is 23.3 Å². The van der Waals surface area contributed by atoms with E-state index in [0.29, 0.717) is 17.4 Å². The molecule has 80 valence electrons. The van der Waals surface area contributed by atoms with Gasteiger partial charge in [-0.3, -0.25) is 4.98 Å². The molecule has 0 radical (unpaired) electrons. The highest BCUT2D eigenvalue weighted by Crippen LogP contribution is 2.01. The summed E-state index contributed by atoms with van der Waals surface area (Å²) in [6, 6.07) is 2.95. The highest BCUT2D eigenvalue weighted by molar-refractivity contribution is 7.80. The molecule has 0 aliphatic rings. The van der Waals surface area contributed by atoms with Gasteiger partial charge in [-0.2, -0.15) is 0 Å². The first-order chi connectivity index (χ1) is 7.13. The lowest BCUT2D eigenvalue weighted by Gasteiger charge is -2.06. The van der Waals surface area contributed by atoms with E-state index in [9.17, 15) is 4.79 Å². The van der Waals surface area contributed by atoms with E-state index in [-0.39, 0.29) is 5.56 Å². The van der Waals surface area contributed by atoms with Gasteiger partial charge in [-0.15, -0.1) is 0 Å². The fourth-order valence-electron chi connectivity index (χ4n) is 0.967. The van der Waals surface area contributed by atoms with Crippen LogP contribution in [0, 0.1) is 0 Å². The molecule has 0 aliphatic carbocycles. The van der Waals surface area contributed by atoms with Gasteiger partial charge in [0.2, 0.25) is 0 Å². The third-order valence-electron chi connectivity index (χ3n) is 1.72. The minimum Gasteiger partial charge on any atom is -0.478 e. The Bertz CT molecular complexity index is 381. The fraction of sp³-hybridized carbons (Fsp3) is 0.222. The number of pyridine rings is 1. The van der Waals surface area contributed by atoms with Crippen LogP contribution < -0.4 is 10.6 Å². The van der Waals surface area contributed by atoms with Gasteiger partial charge in [0.1, 0.15) is 0 Å². The molecule has 1 rings (SSSR count). The quantitative estimate of drug-likeness (QED) is 0.646. The highest BCUT2D eigenvalue weighted by Gasteiger charge is 2.03. The normalized spacial score (nSPS) is 9.40. The number of carbonyl (C=O) groups is 1. The van der Waals surface area contributed by atoms with Gasteiger partial charge >= 0.3 is 5.97 Å². The molecule has 6 heteroatoms. The van der Waals surface area contributed by atoms with Gasteiger partial charge < -0.3 is 15.7 Å². The molecule has 0 bridgehead atoms. The second-order valence-electron chi connectivity index (χ2n) is 2.77. The van der Waals surface area contributed by atoms with Crippen LogP contribution in [-0.4, -0.2) is 28.2 Å². The summed E-state index contributed by atoms with van der Waals surface area (Å²) in [6.07, 6.45) is 1.46. The molecule has 0 amide bonds. The van der Waals surface area contributed by atoms with Crippen molar-refractivity contribution in [2.75, 3.05) is 7.05 Å². The Balaban J connectivity index is 2.66. The summed E-state index contributed by atoms with van der Waals surface area (Å²) in [6.45, 7) is 0.404. The van der Waals surface area contributed by atoms with Crippen LogP contribution in [0.25, 0.3) is 0 Å². The Morgan fingerprint density at radius 2 is 2.40 bits per heavy atom. The molecule has 5 nitrogen and oxygen atoms in total. The van der Waals surface area contributed by atoms with Crippen molar-refractivity contribution in [3.05, 3.63) is 29.6 Å². The van der Waals surface area contributed by atoms with Gasteiger partial charge in [-0.25, -0.2) is 4.79 Å². The molecule has 3 N–H and O–H groups in total. The zero-order valence-electron chi connectivity index (χ0n) is 8.15. The Hall–Kier alpha value is -1.69. The van der Waals surface area contributed by atoms with Crippen molar-refractivity contribution in [3.8, 4) is 0 Å². The highest BCUT2D eigenvalue weighted by atomic mass is 32.1. The SMILES string of the molecule is CNC(=S)NCc1cc(C(=O)O)ccn1. The second-order valence-corrected chi connectivity index (χ2v) is 3.18. The largest absolute Gasteiger partial charge is 0.478 e. The van der Waals surface area contributed by atoms with Gasteiger partial charge in [0.25, 0.3) is 0 Å². The molecule has 0 spiro atoms. The zero-order chi connectivity index (χ0) is 11.3. The summed E-state index contributed by atoms with van der Waals surface area (Å²) in [5, 5.41) is 14.9. The monoisotopic (exact) mass is 225 g/mol. The van der Waals surface area contributed by atoms with Gasteiger partial charge in [-0.05, 0) is 24.4 Å². The van der Waals surface area contributed by atoms with E-state index in [0.717, 1.165) is 0 Å². The van der Waals surface area contributed by atoms with Crippen LogP contribution in [0.15, 0.2) is 18.3 Å². The lowest BCUT2D eigenvalue weighted by molar-refractivity contribution is 0.0696. The topological polar surface area (TPSA) is 74.2 Å². The second kappa shape index (κ2) is 5.26. The average molecular weight is 225 g/mol. The maximum Gasteiger partial charge on any atom is 0.335 e. The van der Waals surface area contributed by atoms with Gasteiger partial charge in [0.05, 0.1) is 17.8 Å². The van der Waals surface area contributed by atoms with E-state index in [1.165, 1.54) is 18.3 Å². The third-order valence-corrected chi connectivity index (χ3v) is 2.07. The predicted molar refractivity (Wildman–Crippen MR) is 59.7 cm³/mol. The summed E-state index contributed by atoms with van der Waals surface area (Å²) >= 11 is 4.87. The van der Waals surface area contributed by atoms with Gasteiger partial charge in [0, 0.05) is 13.2 Å².